The lowest BCUT2D eigenvalue weighted by molar-refractivity contribution is 0.415. The van der Waals surface area contributed by atoms with Gasteiger partial charge >= 0.3 is 0 Å². The summed E-state index contributed by atoms with van der Waals surface area (Å²) < 4.78 is 5.26. The highest BCUT2D eigenvalue weighted by Crippen LogP contribution is 2.29. The van der Waals surface area contributed by atoms with E-state index in [-0.39, 0.29) is 0 Å². The van der Waals surface area contributed by atoms with Gasteiger partial charge in [-0.15, -0.1) is 22.7 Å². The van der Waals surface area contributed by atoms with Crippen molar-refractivity contribution in [2.75, 3.05) is 13.7 Å². The maximum absolute atomic E-state index is 5.26. The topological polar surface area (TPSA) is 34.2 Å². The first-order valence-electron chi connectivity index (χ1n) is 6.06. The Morgan fingerprint density at radius 3 is 2.94 bits per heavy atom. The average molecular weight is 282 g/mol. The number of thiophene rings is 1. The number of hydrogen-bond acceptors (Lipinski definition) is 5. The summed E-state index contributed by atoms with van der Waals surface area (Å²) in [7, 11) is 1.71. The summed E-state index contributed by atoms with van der Waals surface area (Å²) in [5, 5.41) is 5.65. The lowest BCUT2D eigenvalue weighted by Crippen LogP contribution is -2.23. The Kier molecular flexibility index (Phi) is 5.16. The number of aromatic nitrogens is 1. The molecule has 0 amide bonds. The maximum Gasteiger partial charge on any atom is 0.129 e. The zero-order valence-electron chi connectivity index (χ0n) is 10.7. The van der Waals surface area contributed by atoms with Crippen LogP contribution in [0.5, 0.6) is 5.75 Å². The predicted molar refractivity (Wildman–Crippen MR) is 77.7 cm³/mol. The average Bonchev–Trinajstić information content (AvgIpc) is 3.05. The van der Waals surface area contributed by atoms with Crippen molar-refractivity contribution in [2.45, 2.75) is 25.8 Å². The Labute approximate surface area is 116 Å². The Hall–Kier alpha value is -0.910. The smallest absolute Gasteiger partial charge is 0.129 e. The highest BCUT2D eigenvalue weighted by molar-refractivity contribution is 7.10. The molecule has 5 heteroatoms. The van der Waals surface area contributed by atoms with Gasteiger partial charge in [-0.2, -0.15) is 0 Å². The van der Waals surface area contributed by atoms with E-state index in [1.54, 1.807) is 29.8 Å². The molecule has 2 aromatic heterocycles. The van der Waals surface area contributed by atoms with E-state index >= 15 is 0 Å². The first-order chi connectivity index (χ1) is 8.83. The van der Waals surface area contributed by atoms with Crippen LogP contribution in [-0.2, 0) is 6.42 Å². The van der Waals surface area contributed by atoms with Gasteiger partial charge in [-0.3, -0.25) is 4.98 Å². The van der Waals surface area contributed by atoms with Crippen molar-refractivity contribution >= 4 is 22.7 Å². The Balaban J connectivity index is 2.08. The van der Waals surface area contributed by atoms with Crippen LogP contribution in [0.25, 0.3) is 0 Å². The lowest BCUT2D eigenvalue weighted by atomic mass is 10.1. The number of thiazole rings is 1. The molecule has 1 atom stereocenters. The van der Waals surface area contributed by atoms with E-state index in [0.717, 1.165) is 25.1 Å². The van der Waals surface area contributed by atoms with Gasteiger partial charge in [0.15, 0.2) is 0 Å². The number of rotatable bonds is 7. The summed E-state index contributed by atoms with van der Waals surface area (Å²) >= 11 is 3.47. The van der Waals surface area contributed by atoms with Crippen molar-refractivity contribution in [1.29, 1.82) is 0 Å². The number of nitrogens with zero attached hydrogens (tertiary/aromatic N) is 1. The number of nitrogens with one attached hydrogen (secondary N) is 1. The number of hydrogen-bond donors (Lipinski definition) is 1. The minimum absolute atomic E-state index is 0.360. The van der Waals surface area contributed by atoms with E-state index in [9.17, 15) is 0 Å². The van der Waals surface area contributed by atoms with Crippen LogP contribution in [0.3, 0.4) is 0 Å². The fraction of sp³-hybridized carbons (Fsp3) is 0.462. The molecule has 2 aromatic rings. The van der Waals surface area contributed by atoms with Crippen molar-refractivity contribution in [3.8, 4) is 5.75 Å². The lowest BCUT2D eigenvalue weighted by Gasteiger charge is -2.15. The number of methoxy groups -OCH3 is 1. The zero-order chi connectivity index (χ0) is 12.8. The van der Waals surface area contributed by atoms with Crippen LogP contribution in [-0.4, -0.2) is 18.6 Å². The molecule has 2 heterocycles. The molecule has 0 aliphatic rings. The molecule has 1 unspecified atom stereocenters. The molecule has 98 valence electrons. The monoisotopic (exact) mass is 282 g/mol. The second kappa shape index (κ2) is 6.87. The fourth-order valence-electron chi connectivity index (χ4n) is 1.76. The molecule has 3 nitrogen and oxygen atoms in total. The van der Waals surface area contributed by atoms with E-state index in [0.29, 0.717) is 6.04 Å². The van der Waals surface area contributed by atoms with E-state index in [1.807, 2.05) is 11.7 Å². The minimum atomic E-state index is 0.360. The standard InChI is InChI=1S/C13H18N2OS2/c1-3-4-15-12(6-11-7-14-9-18-11)13-5-10(16-2)8-17-13/h5,7-9,12,15H,3-4,6H2,1-2H3. The first kappa shape index (κ1) is 13.5. The molecule has 0 saturated heterocycles. The molecule has 2 rings (SSSR count). The highest BCUT2D eigenvalue weighted by atomic mass is 32.1. The molecule has 0 aliphatic carbocycles. The second-order valence-corrected chi connectivity index (χ2v) is 5.98. The van der Waals surface area contributed by atoms with Gasteiger partial charge in [0, 0.05) is 33.8 Å². The third-order valence-corrected chi connectivity index (χ3v) is 4.53. The van der Waals surface area contributed by atoms with E-state index < -0.39 is 0 Å². The third-order valence-electron chi connectivity index (χ3n) is 2.70. The van der Waals surface area contributed by atoms with Crippen LogP contribution >= 0.6 is 22.7 Å². The molecule has 0 fully saturated rings. The van der Waals surface area contributed by atoms with Crippen LogP contribution in [0.4, 0.5) is 0 Å². The van der Waals surface area contributed by atoms with Crippen LogP contribution < -0.4 is 10.1 Å². The van der Waals surface area contributed by atoms with Crippen LogP contribution in [0.1, 0.15) is 29.1 Å². The predicted octanol–water partition coefficient (Wildman–Crippen LogP) is 3.50. The molecular formula is C13H18N2OS2. The molecule has 0 aliphatic heterocycles. The summed E-state index contributed by atoms with van der Waals surface area (Å²) in [6.07, 6.45) is 4.09. The maximum atomic E-state index is 5.26. The van der Waals surface area contributed by atoms with E-state index in [4.69, 9.17) is 4.74 Å². The van der Waals surface area contributed by atoms with Crippen LogP contribution in [0, 0.1) is 0 Å². The molecule has 18 heavy (non-hydrogen) atoms. The SMILES string of the molecule is CCCNC(Cc1cncs1)c1cc(OC)cs1. The molecular weight excluding hydrogens is 264 g/mol. The van der Waals surface area contributed by atoms with Crippen molar-refractivity contribution < 1.29 is 4.74 Å². The van der Waals surface area contributed by atoms with Gasteiger partial charge in [0.05, 0.1) is 12.6 Å². The quantitative estimate of drug-likeness (QED) is 0.844. The van der Waals surface area contributed by atoms with Gasteiger partial charge in [0.25, 0.3) is 0 Å². The van der Waals surface area contributed by atoms with Gasteiger partial charge < -0.3 is 10.1 Å². The third kappa shape index (κ3) is 3.54. The van der Waals surface area contributed by atoms with Gasteiger partial charge in [-0.1, -0.05) is 6.92 Å². The fourth-order valence-corrected chi connectivity index (χ4v) is 3.33. The summed E-state index contributed by atoms with van der Waals surface area (Å²) in [6.45, 7) is 3.22. The zero-order valence-corrected chi connectivity index (χ0v) is 12.3. The van der Waals surface area contributed by atoms with Gasteiger partial charge in [-0.25, -0.2) is 0 Å². The normalized spacial score (nSPS) is 12.6. The van der Waals surface area contributed by atoms with Gasteiger partial charge in [0.2, 0.25) is 0 Å². The Morgan fingerprint density at radius 1 is 1.44 bits per heavy atom. The van der Waals surface area contributed by atoms with Crippen molar-refractivity contribution in [2.24, 2.45) is 0 Å². The van der Waals surface area contributed by atoms with Crippen LogP contribution in [0.15, 0.2) is 23.2 Å². The molecule has 1 N–H and O–H groups in total. The molecule has 0 bridgehead atoms. The van der Waals surface area contributed by atoms with E-state index in [2.05, 4.69) is 28.7 Å². The number of ether oxygens (including phenoxy) is 1. The van der Waals surface area contributed by atoms with Crippen molar-refractivity contribution in [3.05, 3.63) is 32.9 Å². The van der Waals surface area contributed by atoms with Crippen LogP contribution in [0.2, 0.25) is 0 Å². The van der Waals surface area contributed by atoms with Crippen molar-refractivity contribution in [1.82, 2.24) is 10.3 Å². The minimum Gasteiger partial charge on any atom is -0.496 e. The largest absolute Gasteiger partial charge is 0.496 e. The molecule has 0 spiro atoms. The Morgan fingerprint density at radius 2 is 2.33 bits per heavy atom. The van der Waals surface area contributed by atoms with Crippen molar-refractivity contribution in [3.63, 3.8) is 0 Å². The highest BCUT2D eigenvalue weighted by Gasteiger charge is 2.15. The summed E-state index contributed by atoms with van der Waals surface area (Å²) in [6, 6.07) is 2.48. The van der Waals surface area contributed by atoms with Gasteiger partial charge in [-0.05, 0) is 19.0 Å². The summed E-state index contributed by atoms with van der Waals surface area (Å²) in [5.74, 6) is 0.947. The van der Waals surface area contributed by atoms with E-state index in [1.165, 1.54) is 9.75 Å². The Bertz CT molecular complexity index is 453. The molecule has 0 aromatic carbocycles. The first-order valence-corrected chi connectivity index (χ1v) is 7.82. The molecule has 0 radical (unpaired) electrons. The summed E-state index contributed by atoms with van der Waals surface area (Å²) in [5.41, 5.74) is 1.89. The van der Waals surface area contributed by atoms with Gasteiger partial charge in [0.1, 0.15) is 5.75 Å². The summed E-state index contributed by atoms with van der Waals surface area (Å²) in [4.78, 5) is 6.78. The second-order valence-electron chi connectivity index (χ2n) is 4.07. The molecule has 0 saturated carbocycles.